The van der Waals surface area contributed by atoms with E-state index in [0.29, 0.717) is 0 Å². The molecule has 1 unspecified atom stereocenters. The zero-order valence-electron chi connectivity index (χ0n) is 7.51. The Bertz CT molecular complexity index is 126. The molecule has 0 aromatic rings. The summed E-state index contributed by atoms with van der Waals surface area (Å²) >= 11 is 0. The molecule has 0 saturated carbocycles. The standard InChI is InChI=1S/C9H18N2/c1-3-4-7-11(2)9-5-6-10-8-9/h3-4,9-10H,5-8H2,1-2H3. The Kier molecular flexibility index (Phi) is 3.60. The van der Waals surface area contributed by atoms with E-state index >= 15 is 0 Å². The average molecular weight is 154 g/mol. The van der Waals surface area contributed by atoms with Crippen LogP contribution >= 0.6 is 0 Å². The molecular formula is C9H18N2. The highest BCUT2D eigenvalue weighted by Gasteiger charge is 2.17. The molecule has 0 aliphatic carbocycles. The predicted octanol–water partition coefficient (Wildman–Crippen LogP) is 0.856. The van der Waals surface area contributed by atoms with Crippen molar-refractivity contribution in [2.24, 2.45) is 0 Å². The molecule has 1 fully saturated rings. The molecule has 64 valence electrons. The summed E-state index contributed by atoms with van der Waals surface area (Å²) in [4.78, 5) is 2.40. The highest BCUT2D eigenvalue weighted by molar-refractivity contribution is 4.85. The molecule has 1 rings (SSSR count). The van der Waals surface area contributed by atoms with Gasteiger partial charge in [0.1, 0.15) is 0 Å². The van der Waals surface area contributed by atoms with Crippen molar-refractivity contribution in [1.82, 2.24) is 10.2 Å². The maximum Gasteiger partial charge on any atom is 0.0232 e. The second-order valence-corrected chi connectivity index (χ2v) is 3.16. The lowest BCUT2D eigenvalue weighted by Crippen LogP contribution is -2.33. The van der Waals surface area contributed by atoms with Crippen LogP contribution in [0, 0.1) is 0 Å². The minimum absolute atomic E-state index is 0.756. The Morgan fingerprint density at radius 1 is 1.64 bits per heavy atom. The first-order valence-corrected chi connectivity index (χ1v) is 4.36. The van der Waals surface area contributed by atoms with Crippen LogP contribution in [0.25, 0.3) is 0 Å². The summed E-state index contributed by atoms with van der Waals surface area (Å²) in [5.41, 5.74) is 0. The van der Waals surface area contributed by atoms with Crippen molar-refractivity contribution in [2.45, 2.75) is 19.4 Å². The normalized spacial score (nSPS) is 25.5. The first-order chi connectivity index (χ1) is 5.34. The smallest absolute Gasteiger partial charge is 0.0232 e. The minimum atomic E-state index is 0.756. The third-order valence-electron chi connectivity index (χ3n) is 2.29. The molecule has 0 aromatic heterocycles. The predicted molar refractivity (Wildman–Crippen MR) is 48.7 cm³/mol. The molecule has 1 aliphatic heterocycles. The molecule has 1 N–H and O–H groups in total. The summed E-state index contributed by atoms with van der Waals surface area (Å²) in [6.07, 6.45) is 5.62. The third kappa shape index (κ3) is 2.64. The van der Waals surface area contributed by atoms with E-state index in [1.54, 1.807) is 0 Å². The maximum absolute atomic E-state index is 3.36. The summed E-state index contributed by atoms with van der Waals surface area (Å²) in [5, 5.41) is 3.36. The van der Waals surface area contributed by atoms with E-state index in [2.05, 4.69) is 36.3 Å². The molecule has 1 aliphatic rings. The summed E-state index contributed by atoms with van der Waals surface area (Å²) in [5.74, 6) is 0. The van der Waals surface area contributed by atoms with E-state index in [1.165, 1.54) is 13.0 Å². The van der Waals surface area contributed by atoms with E-state index in [9.17, 15) is 0 Å². The van der Waals surface area contributed by atoms with Gasteiger partial charge in [-0.3, -0.25) is 4.90 Å². The van der Waals surface area contributed by atoms with Crippen molar-refractivity contribution >= 4 is 0 Å². The van der Waals surface area contributed by atoms with Gasteiger partial charge in [0.05, 0.1) is 0 Å². The molecule has 11 heavy (non-hydrogen) atoms. The molecule has 1 saturated heterocycles. The summed E-state index contributed by atoms with van der Waals surface area (Å²) in [6, 6.07) is 0.756. The Hall–Kier alpha value is -0.340. The van der Waals surface area contributed by atoms with E-state index < -0.39 is 0 Å². The number of allylic oxidation sites excluding steroid dienone is 1. The van der Waals surface area contributed by atoms with Gasteiger partial charge in [0.25, 0.3) is 0 Å². The van der Waals surface area contributed by atoms with Gasteiger partial charge in [-0.2, -0.15) is 0 Å². The van der Waals surface area contributed by atoms with E-state index in [1.807, 2.05) is 0 Å². The first-order valence-electron chi connectivity index (χ1n) is 4.36. The molecular weight excluding hydrogens is 136 g/mol. The minimum Gasteiger partial charge on any atom is -0.315 e. The number of rotatable bonds is 3. The van der Waals surface area contributed by atoms with Crippen LogP contribution in [0.1, 0.15) is 13.3 Å². The van der Waals surface area contributed by atoms with Gasteiger partial charge < -0.3 is 5.32 Å². The van der Waals surface area contributed by atoms with Crippen LogP contribution in [0.2, 0.25) is 0 Å². The SMILES string of the molecule is CC=CCN(C)C1CCNC1. The van der Waals surface area contributed by atoms with Crippen LogP contribution in [-0.4, -0.2) is 37.6 Å². The largest absolute Gasteiger partial charge is 0.315 e. The highest BCUT2D eigenvalue weighted by Crippen LogP contribution is 2.05. The lowest BCUT2D eigenvalue weighted by atomic mass is 10.2. The lowest BCUT2D eigenvalue weighted by Gasteiger charge is -2.21. The van der Waals surface area contributed by atoms with Crippen molar-refractivity contribution in [3.05, 3.63) is 12.2 Å². The van der Waals surface area contributed by atoms with Crippen LogP contribution in [0.5, 0.6) is 0 Å². The van der Waals surface area contributed by atoms with Gasteiger partial charge in [-0.05, 0) is 26.9 Å². The number of hydrogen-bond donors (Lipinski definition) is 1. The summed E-state index contributed by atoms with van der Waals surface area (Å²) in [6.45, 7) is 5.50. The fourth-order valence-electron chi connectivity index (χ4n) is 1.44. The number of nitrogens with one attached hydrogen (secondary N) is 1. The first kappa shape index (κ1) is 8.75. The Morgan fingerprint density at radius 2 is 2.45 bits per heavy atom. The molecule has 0 aromatic carbocycles. The van der Waals surface area contributed by atoms with Crippen molar-refractivity contribution < 1.29 is 0 Å². The zero-order chi connectivity index (χ0) is 8.10. The van der Waals surface area contributed by atoms with Crippen LogP contribution in [-0.2, 0) is 0 Å². The van der Waals surface area contributed by atoms with Crippen LogP contribution in [0.4, 0.5) is 0 Å². The number of nitrogens with zero attached hydrogens (tertiary/aromatic N) is 1. The van der Waals surface area contributed by atoms with Crippen LogP contribution < -0.4 is 5.32 Å². The highest BCUT2D eigenvalue weighted by atomic mass is 15.2. The molecule has 1 atom stereocenters. The van der Waals surface area contributed by atoms with Crippen molar-refractivity contribution in [3.63, 3.8) is 0 Å². The molecule has 0 radical (unpaired) electrons. The van der Waals surface area contributed by atoms with Crippen molar-refractivity contribution in [3.8, 4) is 0 Å². The second kappa shape index (κ2) is 4.52. The number of likely N-dealkylation sites (N-methyl/N-ethyl adjacent to an activating group) is 1. The van der Waals surface area contributed by atoms with Gasteiger partial charge in [0, 0.05) is 19.1 Å². The number of hydrogen-bond acceptors (Lipinski definition) is 2. The van der Waals surface area contributed by atoms with E-state index in [0.717, 1.165) is 19.1 Å². The van der Waals surface area contributed by atoms with Gasteiger partial charge in [-0.15, -0.1) is 0 Å². The topological polar surface area (TPSA) is 15.3 Å². The van der Waals surface area contributed by atoms with Crippen LogP contribution in [0.3, 0.4) is 0 Å². The second-order valence-electron chi connectivity index (χ2n) is 3.16. The molecule has 0 spiro atoms. The summed E-state index contributed by atoms with van der Waals surface area (Å²) < 4.78 is 0. The molecule has 2 nitrogen and oxygen atoms in total. The molecule has 0 bridgehead atoms. The quantitative estimate of drug-likeness (QED) is 0.606. The van der Waals surface area contributed by atoms with Gasteiger partial charge in [-0.1, -0.05) is 12.2 Å². The van der Waals surface area contributed by atoms with Gasteiger partial charge in [0.2, 0.25) is 0 Å². The molecule has 2 heteroatoms. The fraction of sp³-hybridized carbons (Fsp3) is 0.778. The maximum atomic E-state index is 3.36. The Morgan fingerprint density at radius 3 is 3.00 bits per heavy atom. The Balaban J connectivity index is 2.22. The van der Waals surface area contributed by atoms with E-state index in [4.69, 9.17) is 0 Å². The van der Waals surface area contributed by atoms with E-state index in [-0.39, 0.29) is 0 Å². The average Bonchev–Trinajstić information content (AvgIpc) is 2.52. The zero-order valence-corrected chi connectivity index (χ0v) is 7.51. The molecule has 0 amide bonds. The third-order valence-corrected chi connectivity index (χ3v) is 2.29. The van der Waals surface area contributed by atoms with Crippen molar-refractivity contribution in [2.75, 3.05) is 26.7 Å². The van der Waals surface area contributed by atoms with Gasteiger partial charge in [-0.25, -0.2) is 0 Å². The van der Waals surface area contributed by atoms with Crippen molar-refractivity contribution in [1.29, 1.82) is 0 Å². The summed E-state index contributed by atoms with van der Waals surface area (Å²) in [7, 11) is 2.19. The Labute approximate surface area is 69.3 Å². The lowest BCUT2D eigenvalue weighted by molar-refractivity contribution is 0.283. The van der Waals surface area contributed by atoms with Crippen LogP contribution in [0.15, 0.2) is 12.2 Å². The molecule has 1 heterocycles. The fourth-order valence-corrected chi connectivity index (χ4v) is 1.44. The monoisotopic (exact) mass is 154 g/mol. The van der Waals surface area contributed by atoms with Gasteiger partial charge in [0.15, 0.2) is 0 Å². The van der Waals surface area contributed by atoms with Gasteiger partial charge >= 0.3 is 0 Å².